The van der Waals surface area contributed by atoms with E-state index in [9.17, 15) is 9.90 Å². The van der Waals surface area contributed by atoms with Gasteiger partial charge < -0.3 is 10.0 Å². The van der Waals surface area contributed by atoms with Gasteiger partial charge in [0.25, 0.3) is 5.91 Å². The molecule has 0 bridgehead atoms. The second-order valence-electron chi connectivity index (χ2n) is 5.18. The molecule has 2 rings (SSSR count). The molecule has 0 radical (unpaired) electrons. The van der Waals surface area contributed by atoms with Crippen LogP contribution in [-0.2, 0) is 6.54 Å². The van der Waals surface area contributed by atoms with Crippen LogP contribution in [0.2, 0.25) is 5.15 Å². The molecule has 2 aromatic rings. The molecule has 0 unspecified atom stereocenters. The minimum atomic E-state index is -0.215. The van der Waals surface area contributed by atoms with Gasteiger partial charge in [-0.3, -0.25) is 4.79 Å². The number of amides is 1. The van der Waals surface area contributed by atoms with E-state index in [2.05, 4.69) is 4.98 Å². The van der Waals surface area contributed by atoms with Crippen LogP contribution in [-0.4, -0.2) is 34.0 Å². The van der Waals surface area contributed by atoms with E-state index in [0.29, 0.717) is 12.1 Å². The van der Waals surface area contributed by atoms with Crippen LogP contribution >= 0.6 is 11.6 Å². The molecule has 1 amide bonds. The third kappa shape index (κ3) is 3.84. The van der Waals surface area contributed by atoms with Gasteiger partial charge in [0.2, 0.25) is 0 Å². The van der Waals surface area contributed by atoms with Crippen LogP contribution in [0.3, 0.4) is 0 Å². The predicted molar refractivity (Wildman–Crippen MR) is 87.0 cm³/mol. The zero-order valence-corrected chi connectivity index (χ0v) is 13.5. The summed E-state index contributed by atoms with van der Waals surface area (Å²) >= 11 is 6.16. The van der Waals surface area contributed by atoms with Crippen LogP contribution in [0.1, 0.15) is 27.2 Å². The molecule has 0 fully saturated rings. The first-order chi connectivity index (χ1) is 10.5. The Morgan fingerprint density at radius 3 is 2.55 bits per heavy atom. The summed E-state index contributed by atoms with van der Waals surface area (Å²) in [4.78, 5) is 18.5. The number of carbonyl (C=O) groups excluding carboxylic acids is 1. The van der Waals surface area contributed by atoms with Gasteiger partial charge in [0.15, 0.2) is 0 Å². The minimum absolute atomic E-state index is 0.103. The lowest BCUT2D eigenvalue weighted by Crippen LogP contribution is -2.34. The zero-order chi connectivity index (χ0) is 16.1. The van der Waals surface area contributed by atoms with Crippen LogP contribution in [0.4, 0.5) is 0 Å². The van der Waals surface area contributed by atoms with E-state index in [-0.39, 0.29) is 24.2 Å². The largest absolute Gasteiger partial charge is 0.395 e. The highest BCUT2D eigenvalue weighted by Gasteiger charge is 2.21. The number of benzene rings is 1. The maximum absolute atomic E-state index is 12.8. The van der Waals surface area contributed by atoms with Gasteiger partial charge in [0.05, 0.1) is 12.2 Å². The second kappa shape index (κ2) is 7.38. The van der Waals surface area contributed by atoms with E-state index in [0.717, 1.165) is 16.8 Å². The average molecular weight is 319 g/mol. The number of rotatable bonds is 5. The topological polar surface area (TPSA) is 53.4 Å². The molecular formula is C17H19ClN2O2. The molecule has 0 saturated carbocycles. The first-order valence-electron chi connectivity index (χ1n) is 7.10. The highest BCUT2D eigenvalue weighted by molar-refractivity contribution is 6.32. The summed E-state index contributed by atoms with van der Waals surface area (Å²) in [5.41, 5.74) is 2.96. The summed E-state index contributed by atoms with van der Waals surface area (Å²) in [7, 11) is 0. The molecule has 0 spiro atoms. The molecule has 0 aliphatic heterocycles. The van der Waals surface area contributed by atoms with Crippen molar-refractivity contribution in [2.75, 3.05) is 13.2 Å². The molecule has 0 saturated heterocycles. The van der Waals surface area contributed by atoms with Gasteiger partial charge in [-0.1, -0.05) is 41.9 Å². The van der Waals surface area contributed by atoms with E-state index in [1.165, 1.54) is 0 Å². The van der Waals surface area contributed by atoms with Crippen molar-refractivity contribution in [3.63, 3.8) is 0 Å². The molecule has 1 aromatic carbocycles. The first-order valence-corrected chi connectivity index (χ1v) is 7.48. The fourth-order valence-electron chi connectivity index (χ4n) is 2.38. The number of aliphatic hydroxyl groups is 1. The minimum Gasteiger partial charge on any atom is -0.395 e. The predicted octanol–water partition coefficient (Wildman–Crippen LogP) is 2.99. The van der Waals surface area contributed by atoms with Crippen LogP contribution in [0.15, 0.2) is 36.4 Å². The number of halogens is 1. The van der Waals surface area contributed by atoms with Gasteiger partial charge in [-0.25, -0.2) is 4.98 Å². The Morgan fingerprint density at radius 2 is 1.95 bits per heavy atom. The molecule has 1 heterocycles. The van der Waals surface area contributed by atoms with Gasteiger partial charge in [0.1, 0.15) is 5.15 Å². The number of aryl methyl sites for hydroxylation is 2. The van der Waals surface area contributed by atoms with Crippen molar-refractivity contribution in [1.82, 2.24) is 9.88 Å². The molecule has 1 N–H and O–H groups in total. The fraction of sp³-hybridized carbons (Fsp3) is 0.294. The Hall–Kier alpha value is -1.91. The summed E-state index contributed by atoms with van der Waals surface area (Å²) in [5.74, 6) is -0.215. The molecule has 0 atom stereocenters. The van der Waals surface area contributed by atoms with Crippen molar-refractivity contribution in [1.29, 1.82) is 0 Å². The van der Waals surface area contributed by atoms with Crippen LogP contribution in [0, 0.1) is 13.8 Å². The number of aromatic nitrogens is 1. The normalized spacial score (nSPS) is 10.5. The molecule has 0 aliphatic rings. The Bertz CT molecular complexity index is 636. The summed E-state index contributed by atoms with van der Waals surface area (Å²) in [5, 5.41) is 9.46. The molecule has 22 heavy (non-hydrogen) atoms. The molecule has 4 nitrogen and oxygen atoms in total. The van der Waals surface area contributed by atoms with Gasteiger partial charge >= 0.3 is 0 Å². The number of hydrogen-bond acceptors (Lipinski definition) is 3. The Labute approximate surface area is 135 Å². The lowest BCUT2D eigenvalue weighted by molar-refractivity contribution is 0.0707. The summed E-state index contributed by atoms with van der Waals surface area (Å²) < 4.78 is 0. The van der Waals surface area contributed by atoms with Crippen molar-refractivity contribution in [3.8, 4) is 0 Å². The summed E-state index contributed by atoms with van der Waals surface area (Å²) in [6.45, 7) is 4.24. The molecule has 5 heteroatoms. The third-order valence-corrected chi connectivity index (χ3v) is 3.66. The van der Waals surface area contributed by atoms with Crippen molar-refractivity contribution >= 4 is 17.5 Å². The number of carbonyl (C=O) groups is 1. The number of aliphatic hydroxyl groups excluding tert-OH is 1. The standard InChI is InChI=1S/C17H19ClN2O2/c1-12-10-13(2)19-16(18)15(12)17(22)20(8-9-21)11-14-6-4-3-5-7-14/h3-7,10,21H,8-9,11H2,1-2H3. The average Bonchev–Trinajstić information content (AvgIpc) is 2.46. The fourth-order valence-corrected chi connectivity index (χ4v) is 2.75. The summed E-state index contributed by atoms with van der Waals surface area (Å²) in [6, 6.07) is 11.5. The maximum atomic E-state index is 12.8. The summed E-state index contributed by atoms with van der Waals surface area (Å²) in [6.07, 6.45) is 0. The van der Waals surface area contributed by atoms with E-state index < -0.39 is 0 Å². The molecule has 116 valence electrons. The highest BCUT2D eigenvalue weighted by Crippen LogP contribution is 2.21. The number of nitrogens with zero attached hydrogens (tertiary/aromatic N) is 2. The van der Waals surface area contributed by atoms with Gasteiger partial charge in [-0.15, -0.1) is 0 Å². The second-order valence-corrected chi connectivity index (χ2v) is 5.54. The van der Waals surface area contributed by atoms with E-state index >= 15 is 0 Å². The smallest absolute Gasteiger partial charge is 0.257 e. The molecular weight excluding hydrogens is 300 g/mol. The number of pyridine rings is 1. The lowest BCUT2D eigenvalue weighted by atomic mass is 10.1. The Morgan fingerprint density at radius 1 is 1.27 bits per heavy atom. The van der Waals surface area contributed by atoms with Crippen molar-refractivity contribution in [2.24, 2.45) is 0 Å². The van der Waals surface area contributed by atoms with Crippen LogP contribution in [0.25, 0.3) is 0 Å². The van der Waals surface area contributed by atoms with Crippen molar-refractivity contribution < 1.29 is 9.90 Å². The first kappa shape index (κ1) is 16.5. The third-order valence-electron chi connectivity index (χ3n) is 3.39. The quantitative estimate of drug-likeness (QED) is 0.862. The van der Waals surface area contributed by atoms with Crippen LogP contribution in [0.5, 0.6) is 0 Å². The maximum Gasteiger partial charge on any atom is 0.257 e. The lowest BCUT2D eigenvalue weighted by Gasteiger charge is -2.23. The van der Waals surface area contributed by atoms with E-state index in [1.807, 2.05) is 50.2 Å². The highest BCUT2D eigenvalue weighted by atomic mass is 35.5. The zero-order valence-electron chi connectivity index (χ0n) is 12.7. The molecule has 0 aliphatic carbocycles. The molecule has 1 aromatic heterocycles. The van der Waals surface area contributed by atoms with E-state index in [1.54, 1.807) is 4.90 Å². The van der Waals surface area contributed by atoms with Gasteiger partial charge in [-0.05, 0) is 31.0 Å². The van der Waals surface area contributed by atoms with Gasteiger partial charge in [0, 0.05) is 18.8 Å². The van der Waals surface area contributed by atoms with Crippen LogP contribution < -0.4 is 0 Å². The Balaban J connectivity index is 2.31. The SMILES string of the molecule is Cc1cc(C)c(C(=O)N(CCO)Cc2ccccc2)c(Cl)n1. The monoisotopic (exact) mass is 318 g/mol. The van der Waals surface area contributed by atoms with Crippen molar-refractivity contribution in [3.05, 3.63) is 63.9 Å². The van der Waals surface area contributed by atoms with E-state index in [4.69, 9.17) is 11.6 Å². The Kier molecular flexibility index (Phi) is 5.52. The van der Waals surface area contributed by atoms with Crippen molar-refractivity contribution in [2.45, 2.75) is 20.4 Å². The number of hydrogen-bond donors (Lipinski definition) is 1. The van der Waals surface area contributed by atoms with Gasteiger partial charge in [-0.2, -0.15) is 0 Å².